The van der Waals surface area contributed by atoms with Crippen molar-refractivity contribution in [2.24, 2.45) is 0 Å². The highest BCUT2D eigenvalue weighted by Gasteiger charge is 2.21. The van der Waals surface area contributed by atoms with Gasteiger partial charge in [0.15, 0.2) is 11.2 Å². The molecule has 0 spiro atoms. The average molecular weight is 839 g/mol. The van der Waals surface area contributed by atoms with Crippen LogP contribution in [0.15, 0.2) is 239 Å². The van der Waals surface area contributed by atoms with Gasteiger partial charge in [-0.1, -0.05) is 182 Å². The molecule has 66 heavy (non-hydrogen) atoms. The summed E-state index contributed by atoms with van der Waals surface area (Å²) in [6.45, 7) is 0. The molecule has 0 aliphatic rings. The molecule has 2 heterocycles. The van der Waals surface area contributed by atoms with Crippen LogP contribution in [0.5, 0.6) is 0 Å². The Bertz CT molecular complexity index is 4290. The van der Waals surface area contributed by atoms with Gasteiger partial charge >= 0.3 is 0 Å². The lowest BCUT2D eigenvalue weighted by Gasteiger charge is -2.20. The normalized spacial score (nSPS) is 11.9. The van der Waals surface area contributed by atoms with E-state index in [0.717, 1.165) is 55.0 Å². The third kappa shape index (κ3) is 5.62. The fourth-order valence-corrected chi connectivity index (χ4v) is 10.8. The zero-order chi connectivity index (χ0) is 43.3. The van der Waals surface area contributed by atoms with Crippen molar-refractivity contribution in [3.8, 4) is 55.6 Å². The van der Waals surface area contributed by atoms with Crippen LogP contribution in [0.2, 0.25) is 0 Å². The summed E-state index contributed by atoms with van der Waals surface area (Å²) in [7, 11) is 0. The maximum Gasteiger partial charge on any atom is 0.178 e. The second-order valence-electron chi connectivity index (χ2n) is 17.5. The Balaban J connectivity index is 1.01. The van der Waals surface area contributed by atoms with E-state index < -0.39 is 0 Å². The van der Waals surface area contributed by atoms with E-state index in [2.05, 4.69) is 218 Å². The van der Waals surface area contributed by atoms with Crippen molar-refractivity contribution < 1.29 is 8.83 Å². The van der Waals surface area contributed by atoms with E-state index in [9.17, 15) is 0 Å². The first-order valence-electron chi connectivity index (χ1n) is 22.6. The lowest BCUT2D eigenvalue weighted by Crippen LogP contribution is -1.93. The van der Waals surface area contributed by atoms with Gasteiger partial charge < -0.3 is 8.83 Å². The molecule has 14 aromatic rings. The Labute approximate surface area is 380 Å². The highest BCUT2D eigenvalue weighted by atomic mass is 16.4. The minimum atomic E-state index is 0.782. The maximum atomic E-state index is 6.59. The Kier molecular flexibility index (Phi) is 8.02. The standard InChI is InChI=1S/C64H38O2/c1-3-21-47-39(13-1)15-11-26-49(47)43-17-9-19-45(35-43)61-52-24-5-6-25-53(52)62(46-20-10-18-44(36-46)50-27-12-16-40-14-2-4-22-48(40)50)58-38-41(29-31-54(58)61)42-30-34-60-57(37-42)56-33-32-55-51-23-7-8-28-59(51)65-63(55)64(56)66-60/h1-38H. The van der Waals surface area contributed by atoms with E-state index in [4.69, 9.17) is 8.83 Å². The van der Waals surface area contributed by atoms with Gasteiger partial charge in [0.05, 0.1) is 0 Å². The van der Waals surface area contributed by atoms with Gasteiger partial charge in [-0.25, -0.2) is 0 Å². The molecule has 0 N–H and O–H groups in total. The van der Waals surface area contributed by atoms with Gasteiger partial charge in [-0.05, 0) is 147 Å². The van der Waals surface area contributed by atoms with Crippen molar-refractivity contribution in [2.75, 3.05) is 0 Å². The molecular weight excluding hydrogens is 801 g/mol. The molecule has 0 unspecified atom stereocenters. The number of hydrogen-bond donors (Lipinski definition) is 0. The van der Waals surface area contributed by atoms with E-state index >= 15 is 0 Å². The minimum Gasteiger partial charge on any atom is -0.452 e. The molecule has 14 rings (SSSR count). The first-order valence-corrected chi connectivity index (χ1v) is 22.6. The van der Waals surface area contributed by atoms with Crippen molar-refractivity contribution in [3.63, 3.8) is 0 Å². The lowest BCUT2D eigenvalue weighted by atomic mass is 9.83. The molecular formula is C64H38O2. The fourth-order valence-electron chi connectivity index (χ4n) is 10.8. The van der Waals surface area contributed by atoms with Crippen molar-refractivity contribution >= 4 is 87.0 Å². The number of hydrogen-bond acceptors (Lipinski definition) is 2. The first kappa shape index (κ1) is 36.7. The van der Waals surface area contributed by atoms with Crippen LogP contribution in [0.4, 0.5) is 0 Å². The number of fused-ring (bicyclic) bond motifs is 11. The Morgan fingerprint density at radius 1 is 0.212 bits per heavy atom. The largest absolute Gasteiger partial charge is 0.452 e. The molecule has 12 aromatic carbocycles. The van der Waals surface area contributed by atoms with Crippen LogP contribution in [0.3, 0.4) is 0 Å². The summed E-state index contributed by atoms with van der Waals surface area (Å²) in [6, 6.07) is 84.0. The monoisotopic (exact) mass is 838 g/mol. The average Bonchev–Trinajstić information content (AvgIpc) is 3.96. The summed E-state index contributed by atoms with van der Waals surface area (Å²) >= 11 is 0. The molecule has 0 radical (unpaired) electrons. The summed E-state index contributed by atoms with van der Waals surface area (Å²) in [5.74, 6) is 0. The molecule has 0 aliphatic carbocycles. The second-order valence-corrected chi connectivity index (χ2v) is 17.5. The van der Waals surface area contributed by atoms with Crippen LogP contribution >= 0.6 is 0 Å². The summed E-state index contributed by atoms with van der Waals surface area (Å²) in [4.78, 5) is 0. The van der Waals surface area contributed by atoms with Crippen LogP contribution in [0.1, 0.15) is 0 Å². The van der Waals surface area contributed by atoms with Crippen molar-refractivity contribution in [3.05, 3.63) is 231 Å². The molecule has 0 amide bonds. The fraction of sp³-hybridized carbons (Fsp3) is 0. The van der Waals surface area contributed by atoms with E-state index in [1.807, 2.05) is 12.1 Å². The zero-order valence-electron chi connectivity index (χ0n) is 35.8. The van der Waals surface area contributed by atoms with Gasteiger partial charge in [0.2, 0.25) is 0 Å². The number of furan rings is 2. The summed E-state index contributed by atoms with van der Waals surface area (Å²) in [5.41, 5.74) is 15.2. The van der Waals surface area contributed by atoms with E-state index in [1.54, 1.807) is 0 Å². The van der Waals surface area contributed by atoms with Gasteiger partial charge in [-0.2, -0.15) is 0 Å². The minimum absolute atomic E-state index is 0.782. The molecule has 0 saturated carbocycles. The van der Waals surface area contributed by atoms with Crippen LogP contribution in [-0.4, -0.2) is 0 Å². The quantitative estimate of drug-likeness (QED) is 0.161. The summed E-state index contributed by atoms with van der Waals surface area (Å²) in [5, 5.41) is 14.1. The maximum absolute atomic E-state index is 6.59. The molecule has 2 nitrogen and oxygen atoms in total. The highest BCUT2D eigenvalue weighted by molar-refractivity contribution is 6.23. The number of benzene rings is 12. The van der Waals surface area contributed by atoms with E-state index in [0.29, 0.717) is 0 Å². The molecule has 0 bridgehead atoms. The number of para-hydroxylation sites is 1. The van der Waals surface area contributed by atoms with Crippen LogP contribution < -0.4 is 0 Å². The van der Waals surface area contributed by atoms with E-state index in [-0.39, 0.29) is 0 Å². The van der Waals surface area contributed by atoms with Crippen molar-refractivity contribution in [2.45, 2.75) is 0 Å². The van der Waals surface area contributed by atoms with E-state index in [1.165, 1.54) is 87.6 Å². The summed E-state index contributed by atoms with van der Waals surface area (Å²) < 4.78 is 13.0. The van der Waals surface area contributed by atoms with Gasteiger partial charge in [0.1, 0.15) is 11.2 Å². The molecule has 2 aromatic heterocycles. The SMILES string of the molecule is c1cc(-c2cccc3ccccc23)cc(-c2c3ccccc3c(-c3cccc(-c4cccc5ccccc45)c3)c3cc(-c4ccc5oc6c(ccc7c8ccccc8oc76)c5c4)ccc23)c1. The lowest BCUT2D eigenvalue weighted by molar-refractivity contribution is 0.633. The Morgan fingerprint density at radius 3 is 1.24 bits per heavy atom. The second kappa shape index (κ2) is 14.4. The molecule has 306 valence electrons. The van der Waals surface area contributed by atoms with Crippen molar-refractivity contribution in [1.82, 2.24) is 0 Å². The van der Waals surface area contributed by atoms with Crippen LogP contribution in [0.25, 0.3) is 143 Å². The predicted molar refractivity (Wildman–Crippen MR) is 278 cm³/mol. The van der Waals surface area contributed by atoms with Gasteiger partial charge in [-0.3, -0.25) is 0 Å². The molecule has 0 atom stereocenters. The van der Waals surface area contributed by atoms with Gasteiger partial charge in [-0.15, -0.1) is 0 Å². The van der Waals surface area contributed by atoms with Crippen LogP contribution in [-0.2, 0) is 0 Å². The Morgan fingerprint density at radius 2 is 0.621 bits per heavy atom. The third-order valence-electron chi connectivity index (χ3n) is 13.8. The van der Waals surface area contributed by atoms with Gasteiger partial charge in [0, 0.05) is 21.5 Å². The summed E-state index contributed by atoms with van der Waals surface area (Å²) in [6.07, 6.45) is 0. The topological polar surface area (TPSA) is 26.3 Å². The first-order chi connectivity index (χ1) is 32.7. The highest BCUT2D eigenvalue weighted by Crippen LogP contribution is 2.47. The zero-order valence-corrected chi connectivity index (χ0v) is 35.8. The molecule has 0 aliphatic heterocycles. The Hall–Kier alpha value is -8.72. The van der Waals surface area contributed by atoms with Crippen molar-refractivity contribution in [1.29, 1.82) is 0 Å². The number of rotatable bonds is 5. The van der Waals surface area contributed by atoms with Gasteiger partial charge in [0.25, 0.3) is 0 Å². The molecule has 2 heteroatoms. The molecule has 0 saturated heterocycles. The smallest absolute Gasteiger partial charge is 0.178 e. The third-order valence-corrected chi connectivity index (χ3v) is 13.8. The predicted octanol–water partition coefficient (Wildman–Crippen LogP) is 18.4. The van der Waals surface area contributed by atoms with Crippen LogP contribution in [0, 0.1) is 0 Å². The molecule has 0 fully saturated rings.